The van der Waals surface area contributed by atoms with Crippen LogP contribution >= 0.6 is 0 Å². The summed E-state index contributed by atoms with van der Waals surface area (Å²) in [4.78, 5) is 2.18. The fourth-order valence-corrected chi connectivity index (χ4v) is 2.10. The lowest BCUT2D eigenvalue weighted by atomic mass is 10.1. The van der Waals surface area contributed by atoms with Gasteiger partial charge in [-0.1, -0.05) is 0 Å². The topological polar surface area (TPSA) is 55.5 Å². The van der Waals surface area contributed by atoms with E-state index in [9.17, 15) is 0 Å². The number of hydrogen-bond donors (Lipinski definition) is 1. The van der Waals surface area contributed by atoms with Gasteiger partial charge in [0.15, 0.2) is 0 Å². The number of rotatable bonds is 5. The average molecular weight is 248 g/mol. The fraction of sp³-hybridized carbons (Fsp3) is 0.429. The maximum Gasteiger partial charge on any atom is 0.122 e. The van der Waals surface area contributed by atoms with Gasteiger partial charge < -0.3 is 14.6 Å². The van der Waals surface area contributed by atoms with Crippen molar-refractivity contribution in [2.45, 2.75) is 26.4 Å². The van der Waals surface area contributed by atoms with Crippen LogP contribution in [0, 0.1) is 13.8 Å². The quantitative estimate of drug-likeness (QED) is 0.883. The molecule has 0 aromatic carbocycles. The molecule has 2 N–H and O–H groups in total. The first-order chi connectivity index (χ1) is 8.61. The zero-order chi connectivity index (χ0) is 13.1. The Bertz CT molecular complexity index is 501. The van der Waals surface area contributed by atoms with Crippen LogP contribution in [0.5, 0.6) is 0 Å². The number of likely N-dealkylation sites (N-methyl/N-ethyl adjacent to an activating group) is 1. The van der Waals surface area contributed by atoms with E-state index in [-0.39, 0.29) is 6.04 Å². The molecule has 0 saturated heterocycles. The summed E-state index contributed by atoms with van der Waals surface area (Å²) in [7, 11) is 2.04. The molecule has 2 heterocycles. The Hall–Kier alpha value is -1.52. The SMILES string of the molecule is Cc1ccc(C(CN)N(C)Cc2ccoc2C)o1. The van der Waals surface area contributed by atoms with Crippen molar-refractivity contribution in [1.29, 1.82) is 0 Å². The second-order valence-electron chi connectivity index (χ2n) is 4.62. The Morgan fingerprint density at radius 2 is 2.06 bits per heavy atom. The Morgan fingerprint density at radius 1 is 1.28 bits per heavy atom. The average Bonchev–Trinajstić information content (AvgIpc) is 2.91. The molecule has 0 aliphatic rings. The van der Waals surface area contributed by atoms with E-state index < -0.39 is 0 Å². The highest BCUT2D eigenvalue weighted by Gasteiger charge is 2.19. The monoisotopic (exact) mass is 248 g/mol. The zero-order valence-corrected chi connectivity index (χ0v) is 11.1. The number of aryl methyl sites for hydroxylation is 2. The Labute approximate surface area is 107 Å². The van der Waals surface area contributed by atoms with Gasteiger partial charge in [-0.15, -0.1) is 0 Å². The molecule has 0 amide bonds. The lowest BCUT2D eigenvalue weighted by Crippen LogP contribution is -2.29. The fourth-order valence-electron chi connectivity index (χ4n) is 2.10. The van der Waals surface area contributed by atoms with E-state index in [1.807, 2.05) is 39.1 Å². The molecule has 2 aromatic rings. The third-order valence-corrected chi connectivity index (χ3v) is 3.23. The van der Waals surface area contributed by atoms with Crippen LogP contribution in [0.4, 0.5) is 0 Å². The first kappa shape index (κ1) is 12.9. The molecule has 4 heteroatoms. The molecular formula is C14H20N2O2. The van der Waals surface area contributed by atoms with Gasteiger partial charge in [0.1, 0.15) is 17.3 Å². The van der Waals surface area contributed by atoms with Gasteiger partial charge in [-0.25, -0.2) is 0 Å². The van der Waals surface area contributed by atoms with Crippen molar-refractivity contribution < 1.29 is 8.83 Å². The molecule has 0 saturated carbocycles. The highest BCUT2D eigenvalue weighted by Crippen LogP contribution is 2.23. The second kappa shape index (κ2) is 5.42. The first-order valence-electron chi connectivity index (χ1n) is 6.11. The van der Waals surface area contributed by atoms with Crippen molar-refractivity contribution in [3.8, 4) is 0 Å². The van der Waals surface area contributed by atoms with Crippen molar-refractivity contribution >= 4 is 0 Å². The smallest absolute Gasteiger partial charge is 0.122 e. The van der Waals surface area contributed by atoms with E-state index in [0.29, 0.717) is 6.54 Å². The van der Waals surface area contributed by atoms with Crippen LogP contribution in [-0.4, -0.2) is 18.5 Å². The van der Waals surface area contributed by atoms with E-state index in [2.05, 4.69) is 4.90 Å². The third-order valence-electron chi connectivity index (χ3n) is 3.23. The van der Waals surface area contributed by atoms with Gasteiger partial charge in [0.25, 0.3) is 0 Å². The summed E-state index contributed by atoms with van der Waals surface area (Å²) in [6.45, 7) is 5.24. The molecule has 0 spiro atoms. The van der Waals surface area contributed by atoms with Gasteiger partial charge in [-0.05, 0) is 39.1 Å². The molecule has 2 aromatic heterocycles. The van der Waals surface area contributed by atoms with E-state index >= 15 is 0 Å². The van der Waals surface area contributed by atoms with Crippen molar-refractivity contribution in [3.63, 3.8) is 0 Å². The van der Waals surface area contributed by atoms with Gasteiger partial charge in [0, 0.05) is 18.7 Å². The van der Waals surface area contributed by atoms with Gasteiger partial charge in [0.2, 0.25) is 0 Å². The minimum absolute atomic E-state index is 0.0907. The Kier molecular flexibility index (Phi) is 3.89. The maximum atomic E-state index is 5.86. The lowest BCUT2D eigenvalue weighted by Gasteiger charge is -2.25. The second-order valence-corrected chi connectivity index (χ2v) is 4.62. The largest absolute Gasteiger partial charge is 0.469 e. The summed E-state index contributed by atoms with van der Waals surface area (Å²) in [5, 5.41) is 0. The van der Waals surface area contributed by atoms with Crippen LogP contribution in [0.1, 0.15) is 28.9 Å². The van der Waals surface area contributed by atoms with E-state index in [1.165, 1.54) is 5.56 Å². The van der Waals surface area contributed by atoms with E-state index in [4.69, 9.17) is 14.6 Å². The molecule has 0 aliphatic heterocycles. The molecule has 1 unspecified atom stereocenters. The molecule has 0 radical (unpaired) electrons. The van der Waals surface area contributed by atoms with Gasteiger partial charge in [-0.3, -0.25) is 4.90 Å². The molecule has 4 nitrogen and oxygen atoms in total. The Balaban J connectivity index is 2.11. The van der Waals surface area contributed by atoms with Crippen LogP contribution in [0.25, 0.3) is 0 Å². The third kappa shape index (κ3) is 2.66. The molecule has 98 valence electrons. The normalized spacial score (nSPS) is 13.2. The molecule has 2 rings (SSSR count). The van der Waals surface area contributed by atoms with E-state index in [1.54, 1.807) is 6.26 Å². The predicted molar refractivity (Wildman–Crippen MR) is 70.2 cm³/mol. The highest BCUT2D eigenvalue weighted by atomic mass is 16.3. The molecule has 1 atom stereocenters. The van der Waals surface area contributed by atoms with Crippen LogP contribution < -0.4 is 5.73 Å². The minimum atomic E-state index is 0.0907. The standard InChI is InChI=1S/C14H20N2O2/c1-10-4-5-14(18-10)13(8-15)16(3)9-12-6-7-17-11(12)2/h4-7,13H,8-9,15H2,1-3H3. The Morgan fingerprint density at radius 3 is 2.56 bits per heavy atom. The number of furan rings is 2. The van der Waals surface area contributed by atoms with Crippen LogP contribution in [0.3, 0.4) is 0 Å². The molecular weight excluding hydrogens is 228 g/mol. The molecule has 18 heavy (non-hydrogen) atoms. The maximum absolute atomic E-state index is 5.86. The van der Waals surface area contributed by atoms with Crippen LogP contribution in [0.15, 0.2) is 33.3 Å². The summed E-state index contributed by atoms with van der Waals surface area (Å²) in [5.41, 5.74) is 7.04. The minimum Gasteiger partial charge on any atom is -0.469 e. The van der Waals surface area contributed by atoms with Crippen LogP contribution in [0.2, 0.25) is 0 Å². The molecule has 0 fully saturated rings. The lowest BCUT2D eigenvalue weighted by molar-refractivity contribution is 0.210. The van der Waals surface area contributed by atoms with Crippen molar-refractivity contribution in [2.75, 3.05) is 13.6 Å². The zero-order valence-electron chi connectivity index (χ0n) is 11.1. The van der Waals surface area contributed by atoms with Crippen molar-refractivity contribution in [3.05, 3.63) is 47.3 Å². The highest BCUT2D eigenvalue weighted by molar-refractivity contribution is 5.16. The first-order valence-corrected chi connectivity index (χ1v) is 6.11. The van der Waals surface area contributed by atoms with Gasteiger partial charge >= 0.3 is 0 Å². The summed E-state index contributed by atoms with van der Waals surface area (Å²) < 4.78 is 11.0. The summed E-state index contributed by atoms with van der Waals surface area (Å²) in [6, 6.07) is 6.04. The number of nitrogens with two attached hydrogens (primary N) is 1. The molecule has 0 aliphatic carbocycles. The van der Waals surface area contributed by atoms with Crippen molar-refractivity contribution in [1.82, 2.24) is 4.90 Å². The molecule has 0 bridgehead atoms. The predicted octanol–water partition coefficient (Wildman–Crippen LogP) is 2.62. The summed E-state index contributed by atoms with van der Waals surface area (Å²) >= 11 is 0. The van der Waals surface area contributed by atoms with Crippen molar-refractivity contribution in [2.24, 2.45) is 5.73 Å². The summed E-state index contributed by atoms with van der Waals surface area (Å²) in [6.07, 6.45) is 1.72. The number of hydrogen-bond acceptors (Lipinski definition) is 4. The van der Waals surface area contributed by atoms with Crippen LogP contribution in [-0.2, 0) is 6.54 Å². The van der Waals surface area contributed by atoms with Gasteiger partial charge in [-0.2, -0.15) is 0 Å². The summed E-state index contributed by atoms with van der Waals surface area (Å²) in [5.74, 6) is 2.78. The van der Waals surface area contributed by atoms with Gasteiger partial charge in [0.05, 0.1) is 12.3 Å². The van der Waals surface area contributed by atoms with E-state index in [0.717, 1.165) is 23.8 Å². The number of nitrogens with zero attached hydrogens (tertiary/aromatic N) is 1.